The second kappa shape index (κ2) is 4.29. The lowest BCUT2D eigenvalue weighted by Crippen LogP contribution is -2.31. The first kappa shape index (κ1) is 11.2. The summed E-state index contributed by atoms with van der Waals surface area (Å²) in [5.74, 6) is 0.494. The van der Waals surface area contributed by atoms with Gasteiger partial charge in [0.15, 0.2) is 0 Å². The third kappa shape index (κ3) is 2.13. The Kier molecular flexibility index (Phi) is 2.83. The maximum atomic E-state index is 11.7. The molecule has 0 saturated carbocycles. The molecule has 1 aromatic heterocycles. The lowest BCUT2D eigenvalue weighted by atomic mass is 10.2. The Hall–Kier alpha value is -2.29. The SMILES string of the molecule is CN1CCC(Nc2ncc(C#N)cc2N)C1=O. The maximum Gasteiger partial charge on any atom is 0.244 e. The van der Waals surface area contributed by atoms with E-state index in [0.717, 1.165) is 13.0 Å². The Morgan fingerprint density at radius 2 is 2.47 bits per heavy atom. The van der Waals surface area contributed by atoms with Crippen LogP contribution >= 0.6 is 0 Å². The third-order valence-electron chi connectivity index (χ3n) is 2.78. The highest BCUT2D eigenvalue weighted by Crippen LogP contribution is 2.20. The molecule has 88 valence electrons. The van der Waals surface area contributed by atoms with Gasteiger partial charge in [0.1, 0.15) is 17.9 Å². The summed E-state index contributed by atoms with van der Waals surface area (Å²) in [4.78, 5) is 17.4. The summed E-state index contributed by atoms with van der Waals surface area (Å²) < 4.78 is 0. The zero-order valence-corrected chi connectivity index (χ0v) is 9.47. The van der Waals surface area contributed by atoms with Crippen molar-refractivity contribution in [2.24, 2.45) is 0 Å². The van der Waals surface area contributed by atoms with E-state index in [2.05, 4.69) is 10.3 Å². The van der Waals surface area contributed by atoms with E-state index >= 15 is 0 Å². The fourth-order valence-corrected chi connectivity index (χ4v) is 1.78. The molecule has 2 heterocycles. The van der Waals surface area contributed by atoms with E-state index in [1.54, 1.807) is 18.0 Å². The molecule has 0 bridgehead atoms. The van der Waals surface area contributed by atoms with Gasteiger partial charge >= 0.3 is 0 Å². The summed E-state index contributed by atoms with van der Waals surface area (Å²) in [6.45, 7) is 0.729. The molecule has 1 aromatic rings. The highest BCUT2D eigenvalue weighted by atomic mass is 16.2. The zero-order valence-electron chi connectivity index (χ0n) is 9.47. The molecule has 1 amide bonds. The maximum absolute atomic E-state index is 11.7. The first-order valence-electron chi connectivity index (χ1n) is 5.29. The second-order valence-corrected chi connectivity index (χ2v) is 4.02. The van der Waals surface area contributed by atoms with Gasteiger partial charge in [-0.25, -0.2) is 4.98 Å². The van der Waals surface area contributed by atoms with Gasteiger partial charge in [-0.15, -0.1) is 0 Å². The molecule has 1 unspecified atom stereocenters. The number of likely N-dealkylation sites (N-methyl/N-ethyl adjacent to an activating group) is 1. The summed E-state index contributed by atoms with van der Waals surface area (Å²) in [7, 11) is 1.76. The Morgan fingerprint density at radius 3 is 3.00 bits per heavy atom. The number of hydrogen-bond acceptors (Lipinski definition) is 5. The molecular formula is C11H13N5O. The molecule has 0 aliphatic carbocycles. The smallest absolute Gasteiger partial charge is 0.244 e. The minimum absolute atomic E-state index is 0.0376. The molecular weight excluding hydrogens is 218 g/mol. The average molecular weight is 231 g/mol. The predicted molar refractivity (Wildman–Crippen MR) is 63.0 cm³/mol. The van der Waals surface area contributed by atoms with Gasteiger partial charge < -0.3 is 16.0 Å². The first-order chi connectivity index (χ1) is 8.11. The van der Waals surface area contributed by atoms with Crippen LogP contribution in [-0.2, 0) is 4.79 Å². The van der Waals surface area contributed by atoms with Crippen LogP contribution in [0.15, 0.2) is 12.3 Å². The Bertz CT molecular complexity index is 493. The molecule has 0 radical (unpaired) electrons. The number of carbonyl (C=O) groups is 1. The second-order valence-electron chi connectivity index (χ2n) is 4.02. The minimum atomic E-state index is -0.275. The van der Waals surface area contributed by atoms with E-state index in [-0.39, 0.29) is 11.9 Å². The number of hydrogen-bond donors (Lipinski definition) is 2. The van der Waals surface area contributed by atoms with Crippen LogP contribution < -0.4 is 11.1 Å². The third-order valence-corrected chi connectivity index (χ3v) is 2.78. The van der Waals surface area contributed by atoms with Crippen LogP contribution in [-0.4, -0.2) is 35.4 Å². The van der Waals surface area contributed by atoms with Crippen LogP contribution in [0.5, 0.6) is 0 Å². The van der Waals surface area contributed by atoms with Gasteiger partial charge in [-0.05, 0) is 12.5 Å². The Balaban J connectivity index is 2.15. The van der Waals surface area contributed by atoms with Gasteiger partial charge in [0, 0.05) is 19.8 Å². The highest BCUT2D eigenvalue weighted by molar-refractivity contribution is 5.87. The van der Waals surface area contributed by atoms with E-state index in [0.29, 0.717) is 17.1 Å². The number of aromatic nitrogens is 1. The van der Waals surface area contributed by atoms with Crippen molar-refractivity contribution < 1.29 is 4.79 Å². The monoisotopic (exact) mass is 231 g/mol. The van der Waals surface area contributed by atoms with E-state index in [1.165, 1.54) is 6.20 Å². The van der Waals surface area contributed by atoms with Crippen LogP contribution in [0.4, 0.5) is 11.5 Å². The molecule has 1 aliphatic heterocycles. The molecule has 6 heteroatoms. The number of nitrogens with two attached hydrogens (primary N) is 1. The van der Waals surface area contributed by atoms with Gasteiger partial charge in [0.2, 0.25) is 5.91 Å². The number of nitrogens with zero attached hydrogens (tertiary/aromatic N) is 3. The van der Waals surface area contributed by atoms with Crippen LogP contribution in [0.1, 0.15) is 12.0 Å². The van der Waals surface area contributed by atoms with Crippen molar-refractivity contribution in [2.45, 2.75) is 12.5 Å². The number of nitrogens with one attached hydrogen (secondary N) is 1. The normalized spacial score (nSPS) is 19.2. The molecule has 2 rings (SSSR count). The van der Waals surface area contributed by atoms with Crippen molar-refractivity contribution in [3.63, 3.8) is 0 Å². The number of amides is 1. The molecule has 1 aliphatic rings. The fourth-order valence-electron chi connectivity index (χ4n) is 1.78. The Morgan fingerprint density at radius 1 is 1.71 bits per heavy atom. The number of anilines is 2. The molecule has 3 N–H and O–H groups in total. The van der Waals surface area contributed by atoms with Crippen molar-refractivity contribution in [3.05, 3.63) is 17.8 Å². The number of likely N-dealkylation sites (tertiary alicyclic amines) is 1. The van der Waals surface area contributed by atoms with E-state index in [4.69, 9.17) is 11.0 Å². The molecule has 0 spiro atoms. The quantitative estimate of drug-likeness (QED) is 0.757. The largest absolute Gasteiger partial charge is 0.396 e. The Labute approximate surface area is 99.0 Å². The lowest BCUT2D eigenvalue weighted by molar-refractivity contribution is -0.127. The zero-order chi connectivity index (χ0) is 12.4. The summed E-state index contributed by atoms with van der Waals surface area (Å²) in [6.07, 6.45) is 2.16. The number of carbonyl (C=O) groups excluding carboxylic acids is 1. The minimum Gasteiger partial charge on any atom is -0.396 e. The topological polar surface area (TPSA) is 95.0 Å². The molecule has 1 atom stereocenters. The first-order valence-corrected chi connectivity index (χ1v) is 5.29. The van der Waals surface area contributed by atoms with Gasteiger partial charge in [0.05, 0.1) is 11.3 Å². The van der Waals surface area contributed by atoms with E-state index < -0.39 is 0 Å². The summed E-state index contributed by atoms with van der Waals surface area (Å²) in [5, 5.41) is 11.7. The van der Waals surface area contributed by atoms with Crippen LogP contribution in [0.3, 0.4) is 0 Å². The highest BCUT2D eigenvalue weighted by Gasteiger charge is 2.29. The van der Waals surface area contributed by atoms with Crippen molar-refractivity contribution in [2.75, 3.05) is 24.6 Å². The average Bonchev–Trinajstić information content (AvgIpc) is 2.63. The van der Waals surface area contributed by atoms with Crippen LogP contribution in [0.2, 0.25) is 0 Å². The summed E-state index contributed by atoms with van der Waals surface area (Å²) >= 11 is 0. The number of nitriles is 1. The number of pyridine rings is 1. The van der Waals surface area contributed by atoms with E-state index in [9.17, 15) is 4.79 Å². The lowest BCUT2D eigenvalue weighted by Gasteiger charge is -2.14. The van der Waals surface area contributed by atoms with Crippen LogP contribution in [0.25, 0.3) is 0 Å². The van der Waals surface area contributed by atoms with Gasteiger partial charge in [-0.1, -0.05) is 0 Å². The van der Waals surface area contributed by atoms with Crippen molar-refractivity contribution in [1.29, 1.82) is 5.26 Å². The predicted octanol–water partition coefficient (Wildman–Crippen LogP) is 0.178. The van der Waals surface area contributed by atoms with Crippen molar-refractivity contribution in [3.8, 4) is 6.07 Å². The standard InChI is InChI=1S/C11H13N5O/c1-16-3-2-9(11(16)17)15-10-8(13)4-7(5-12)6-14-10/h4,6,9H,2-3,13H2,1H3,(H,14,15). The van der Waals surface area contributed by atoms with E-state index in [1.807, 2.05) is 6.07 Å². The van der Waals surface area contributed by atoms with Crippen molar-refractivity contribution in [1.82, 2.24) is 9.88 Å². The summed E-state index contributed by atoms with van der Waals surface area (Å²) in [6, 6.07) is 3.22. The number of nitrogen functional groups attached to an aromatic ring is 1. The van der Waals surface area contributed by atoms with Gasteiger partial charge in [-0.3, -0.25) is 4.79 Å². The van der Waals surface area contributed by atoms with Crippen LogP contribution in [0, 0.1) is 11.3 Å². The fraction of sp³-hybridized carbons (Fsp3) is 0.364. The molecule has 17 heavy (non-hydrogen) atoms. The molecule has 0 aromatic carbocycles. The van der Waals surface area contributed by atoms with Crippen molar-refractivity contribution >= 4 is 17.4 Å². The van der Waals surface area contributed by atoms with Gasteiger partial charge in [-0.2, -0.15) is 5.26 Å². The number of rotatable bonds is 2. The molecule has 1 saturated heterocycles. The molecule has 6 nitrogen and oxygen atoms in total. The molecule has 1 fully saturated rings. The summed E-state index contributed by atoms with van der Waals surface area (Å²) in [5.41, 5.74) is 6.54. The van der Waals surface area contributed by atoms with Gasteiger partial charge in [0.25, 0.3) is 0 Å².